The van der Waals surface area contributed by atoms with Crippen LogP contribution in [-0.4, -0.2) is 25.0 Å². The number of hydrogen-bond donors (Lipinski definition) is 1. The van der Waals surface area contributed by atoms with Crippen LogP contribution < -0.4 is 5.32 Å². The Bertz CT molecular complexity index is 364. The van der Waals surface area contributed by atoms with E-state index in [0.717, 1.165) is 12.8 Å². The number of ether oxygens (including phenoxy) is 1. The molecule has 2 rings (SSSR count). The minimum absolute atomic E-state index is 0.174. The maximum atomic E-state index is 10.8. The lowest BCUT2D eigenvalue weighted by Gasteiger charge is -2.07. The van der Waals surface area contributed by atoms with Gasteiger partial charge in [0.15, 0.2) is 0 Å². The Balaban J connectivity index is 1.82. The monoisotopic (exact) mass is 237 g/mol. The van der Waals surface area contributed by atoms with Crippen LogP contribution in [0.5, 0.6) is 0 Å². The van der Waals surface area contributed by atoms with E-state index in [4.69, 9.17) is 4.74 Å². The molecule has 1 aliphatic heterocycles. The molecule has 1 fully saturated rings. The lowest BCUT2D eigenvalue weighted by molar-refractivity contribution is 0.176. The first-order valence-electron chi connectivity index (χ1n) is 5.34. The highest BCUT2D eigenvalue weighted by molar-refractivity contribution is 7.98. The van der Waals surface area contributed by atoms with E-state index in [1.54, 1.807) is 11.8 Å². The zero-order valence-electron chi connectivity index (χ0n) is 9.23. The lowest BCUT2D eigenvalue weighted by atomic mass is 10.1. The molecule has 0 radical (unpaired) electrons. The fourth-order valence-electron chi connectivity index (χ4n) is 1.71. The van der Waals surface area contributed by atoms with Gasteiger partial charge in [-0.05, 0) is 36.8 Å². The SMILES string of the molecule is CSc1ccc(CCC2COC(=O)N2)cc1. The molecule has 1 N–H and O–H groups in total. The molecule has 86 valence electrons. The van der Waals surface area contributed by atoms with Crippen molar-refractivity contribution in [3.05, 3.63) is 29.8 Å². The fraction of sp³-hybridized carbons (Fsp3) is 0.417. The van der Waals surface area contributed by atoms with Gasteiger partial charge in [-0.15, -0.1) is 11.8 Å². The Morgan fingerprint density at radius 2 is 2.19 bits per heavy atom. The summed E-state index contributed by atoms with van der Waals surface area (Å²) in [7, 11) is 0. The molecule has 1 aromatic carbocycles. The van der Waals surface area contributed by atoms with Crippen molar-refractivity contribution in [3.63, 3.8) is 0 Å². The van der Waals surface area contributed by atoms with Crippen molar-refractivity contribution in [2.45, 2.75) is 23.8 Å². The van der Waals surface area contributed by atoms with E-state index < -0.39 is 0 Å². The van der Waals surface area contributed by atoms with Crippen LogP contribution in [0.3, 0.4) is 0 Å². The first kappa shape index (κ1) is 11.3. The molecule has 16 heavy (non-hydrogen) atoms. The summed E-state index contributed by atoms with van der Waals surface area (Å²) >= 11 is 1.74. The second-order valence-corrected chi connectivity index (χ2v) is 4.71. The number of aryl methyl sites for hydroxylation is 1. The quantitative estimate of drug-likeness (QED) is 0.817. The van der Waals surface area contributed by atoms with Crippen LogP contribution in [0.1, 0.15) is 12.0 Å². The Morgan fingerprint density at radius 1 is 1.44 bits per heavy atom. The molecule has 0 bridgehead atoms. The van der Waals surface area contributed by atoms with Crippen molar-refractivity contribution >= 4 is 17.9 Å². The first-order chi connectivity index (χ1) is 7.78. The van der Waals surface area contributed by atoms with E-state index in [9.17, 15) is 4.79 Å². The zero-order chi connectivity index (χ0) is 11.4. The molecule has 1 saturated heterocycles. The summed E-state index contributed by atoms with van der Waals surface area (Å²) in [6.45, 7) is 0.502. The second-order valence-electron chi connectivity index (χ2n) is 3.83. The summed E-state index contributed by atoms with van der Waals surface area (Å²) in [6, 6.07) is 8.72. The first-order valence-corrected chi connectivity index (χ1v) is 6.56. The van der Waals surface area contributed by atoms with Crippen LogP contribution in [0.2, 0.25) is 0 Å². The number of benzene rings is 1. The van der Waals surface area contributed by atoms with Crippen LogP contribution in [0.15, 0.2) is 29.2 Å². The van der Waals surface area contributed by atoms with Crippen molar-refractivity contribution in [2.24, 2.45) is 0 Å². The standard InChI is InChI=1S/C12H15NO2S/c1-16-11-6-3-9(4-7-11)2-5-10-8-15-12(14)13-10/h3-4,6-7,10H,2,5,8H2,1H3,(H,13,14). The molecule has 0 aromatic heterocycles. The largest absolute Gasteiger partial charge is 0.447 e. The molecule has 0 spiro atoms. The molecule has 1 atom stereocenters. The zero-order valence-corrected chi connectivity index (χ0v) is 10.0. The molecule has 1 aromatic rings. The number of nitrogens with one attached hydrogen (secondary N) is 1. The van der Waals surface area contributed by atoms with Crippen LogP contribution in [0.25, 0.3) is 0 Å². The Hall–Kier alpha value is -1.16. The third kappa shape index (κ3) is 2.92. The van der Waals surface area contributed by atoms with E-state index >= 15 is 0 Å². The molecular formula is C12H15NO2S. The highest BCUT2D eigenvalue weighted by Gasteiger charge is 2.21. The number of carbonyl (C=O) groups is 1. The predicted octanol–water partition coefficient (Wildman–Crippen LogP) is 2.45. The molecule has 1 heterocycles. The number of rotatable bonds is 4. The molecule has 1 aliphatic rings. The summed E-state index contributed by atoms with van der Waals surface area (Å²) in [5.74, 6) is 0. The normalized spacial score (nSPS) is 19.3. The molecule has 1 unspecified atom stereocenters. The molecular weight excluding hydrogens is 222 g/mol. The van der Waals surface area contributed by atoms with Crippen molar-refractivity contribution < 1.29 is 9.53 Å². The van der Waals surface area contributed by atoms with E-state index in [1.807, 2.05) is 0 Å². The number of carbonyl (C=O) groups excluding carboxylic acids is 1. The van der Waals surface area contributed by atoms with Gasteiger partial charge >= 0.3 is 6.09 Å². The Labute approximate surface area is 99.6 Å². The van der Waals surface area contributed by atoms with Gasteiger partial charge in [-0.25, -0.2) is 4.79 Å². The highest BCUT2D eigenvalue weighted by atomic mass is 32.2. The third-order valence-corrected chi connectivity index (χ3v) is 3.42. The van der Waals surface area contributed by atoms with Crippen LogP contribution in [-0.2, 0) is 11.2 Å². The van der Waals surface area contributed by atoms with Crippen LogP contribution in [0.4, 0.5) is 4.79 Å². The minimum atomic E-state index is -0.289. The maximum absolute atomic E-state index is 10.8. The van der Waals surface area contributed by atoms with Gasteiger partial charge in [0.2, 0.25) is 0 Å². The highest BCUT2D eigenvalue weighted by Crippen LogP contribution is 2.16. The topological polar surface area (TPSA) is 38.3 Å². The van der Waals surface area contributed by atoms with Gasteiger partial charge in [0.1, 0.15) is 6.61 Å². The van der Waals surface area contributed by atoms with Gasteiger partial charge in [-0.2, -0.15) is 0 Å². The van der Waals surface area contributed by atoms with E-state index in [1.165, 1.54) is 10.5 Å². The third-order valence-electron chi connectivity index (χ3n) is 2.68. The van der Waals surface area contributed by atoms with Crippen LogP contribution >= 0.6 is 11.8 Å². The average molecular weight is 237 g/mol. The van der Waals surface area contributed by atoms with Gasteiger partial charge in [-0.3, -0.25) is 0 Å². The number of alkyl carbamates (subject to hydrolysis) is 1. The molecule has 1 amide bonds. The predicted molar refractivity (Wildman–Crippen MR) is 64.8 cm³/mol. The Morgan fingerprint density at radius 3 is 2.75 bits per heavy atom. The summed E-state index contributed by atoms with van der Waals surface area (Å²) < 4.78 is 4.84. The summed E-state index contributed by atoms with van der Waals surface area (Å²) in [5, 5.41) is 2.78. The number of cyclic esters (lactones) is 1. The van der Waals surface area contributed by atoms with Crippen LogP contribution in [0, 0.1) is 0 Å². The number of amides is 1. The van der Waals surface area contributed by atoms with Gasteiger partial charge in [-0.1, -0.05) is 12.1 Å². The van der Waals surface area contributed by atoms with Crippen molar-refractivity contribution in [2.75, 3.05) is 12.9 Å². The molecule has 3 nitrogen and oxygen atoms in total. The van der Waals surface area contributed by atoms with Gasteiger partial charge in [0.05, 0.1) is 6.04 Å². The van der Waals surface area contributed by atoms with Crippen molar-refractivity contribution in [1.82, 2.24) is 5.32 Å². The van der Waals surface area contributed by atoms with Gasteiger partial charge in [0.25, 0.3) is 0 Å². The summed E-state index contributed by atoms with van der Waals surface area (Å²) in [5.41, 5.74) is 1.30. The minimum Gasteiger partial charge on any atom is -0.447 e. The Kier molecular flexibility index (Phi) is 3.72. The van der Waals surface area contributed by atoms with E-state index in [2.05, 4.69) is 35.8 Å². The van der Waals surface area contributed by atoms with Gasteiger partial charge in [0, 0.05) is 4.90 Å². The van der Waals surface area contributed by atoms with Crippen molar-refractivity contribution in [1.29, 1.82) is 0 Å². The maximum Gasteiger partial charge on any atom is 0.407 e. The van der Waals surface area contributed by atoms with Gasteiger partial charge < -0.3 is 10.1 Å². The molecule has 4 heteroatoms. The molecule has 0 saturated carbocycles. The lowest BCUT2D eigenvalue weighted by Crippen LogP contribution is -2.26. The molecule has 0 aliphatic carbocycles. The van der Waals surface area contributed by atoms with Crippen molar-refractivity contribution in [3.8, 4) is 0 Å². The summed E-state index contributed by atoms with van der Waals surface area (Å²) in [4.78, 5) is 12.1. The summed E-state index contributed by atoms with van der Waals surface area (Å²) in [6.07, 6.45) is 3.69. The number of hydrogen-bond acceptors (Lipinski definition) is 3. The fourth-order valence-corrected chi connectivity index (χ4v) is 2.12. The smallest absolute Gasteiger partial charge is 0.407 e. The second kappa shape index (κ2) is 5.25. The van der Waals surface area contributed by atoms with E-state index in [0.29, 0.717) is 6.61 Å². The van der Waals surface area contributed by atoms with E-state index in [-0.39, 0.29) is 12.1 Å². The average Bonchev–Trinajstić information content (AvgIpc) is 2.73. The number of thioether (sulfide) groups is 1.